The van der Waals surface area contributed by atoms with Crippen LogP contribution in [0.15, 0.2) is 54.4 Å². The molecule has 0 saturated carbocycles. The molecule has 1 aromatic heterocycles. The zero-order valence-corrected chi connectivity index (χ0v) is 27.8. The number of sulfone groups is 1. The number of hydrogen-bond donors (Lipinski definition) is 5. The van der Waals surface area contributed by atoms with Crippen LogP contribution in [-0.2, 0) is 9.84 Å². The van der Waals surface area contributed by atoms with Crippen molar-refractivity contribution < 1.29 is 23.1 Å². The average molecular weight is 657 g/mol. The van der Waals surface area contributed by atoms with E-state index in [1.165, 1.54) is 6.33 Å². The first kappa shape index (κ1) is 34.2. The van der Waals surface area contributed by atoms with E-state index >= 15 is 0 Å². The molecule has 0 unspecified atom stereocenters. The highest BCUT2D eigenvalue weighted by Gasteiger charge is 2.26. The maximum Gasteiger partial charge on any atom is 0.251 e. The Labute approximate surface area is 269 Å². The standard InChI is InChI=1S/C32H41ClN6O5S/c1-31(2,3)39-30(41)22-7-6-8-24(16-22)44-27-10-9-23(17-26(27)33)38-29-25-15-21(11-12-34-28(25)35-20-36-29)18-37-32(4,5)19-45(42,43)14-13-40/h6-10,15-17,20,37,40H,11-14,18-19H2,1-5H3,(H,39,41)(H2,34,35,36,38). The molecule has 1 amide bonds. The topological polar surface area (TPSA) is 155 Å². The highest BCUT2D eigenvalue weighted by Crippen LogP contribution is 2.34. The molecule has 5 N–H and O–H groups in total. The first-order chi connectivity index (χ1) is 21.1. The van der Waals surface area contributed by atoms with Gasteiger partial charge in [-0.25, -0.2) is 18.4 Å². The Kier molecular flexibility index (Phi) is 10.7. The van der Waals surface area contributed by atoms with Gasteiger partial charge in [0.05, 0.1) is 28.7 Å². The normalized spacial score (nSPS) is 13.6. The molecular formula is C32H41ClN6O5S. The minimum Gasteiger partial charge on any atom is -0.456 e. The second-order valence-corrected chi connectivity index (χ2v) is 15.2. The number of hydrogen-bond acceptors (Lipinski definition) is 10. The summed E-state index contributed by atoms with van der Waals surface area (Å²) in [5.41, 5.74) is 1.92. The SMILES string of the molecule is CC(C)(C)NC(=O)c1cccc(Oc2ccc(Nc3ncnc4c3C=C(CNC(C)(C)CS(=O)(=O)CCO)CCN4)cc2Cl)c1. The van der Waals surface area contributed by atoms with Gasteiger partial charge in [0, 0.05) is 35.4 Å². The fourth-order valence-corrected chi connectivity index (χ4v) is 6.58. The zero-order valence-electron chi connectivity index (χ0n) is 26.2. The van der Waals surface area contributed by atoms with Crippen LogP contribution < -0.4 is 26.0 Å². The summed E-state index contributed by atoms with van der Waals surface area (Å²) in [6, 6.07) is 12.2. The molecule has 2 aromatic carbocycles. The van der Waals surface area contributed by atoms with Gasteiger partial charge in [-0.3, -0.25) is 4.79 Å². The van der Waals surface area contributed by atoms with Gasteiger partial charge in [0.1, 0.15) is 29.5 Å². The summed E-state index contributed by atoms with van der Waals surface area (Å²) >= 11 is 6.61. The Morgan fingerprint density at radius 3 is 2.60 bits per heavy atom. The number of ether oxygens (including phenoxy) is 1. The highest BCUT2D eigenvalue weighted by atomic mass is 35.5. The summed E-state index contributed by atoms with van der Waals surface area (Å²) in [4.78, 5) is 21.5. The number of aliphatic hydroxyl groups excluding tert-OH is 1. The maximum absolute atomic E-state index is 12.6. The highest BCUT2D eigenvalue weighted by molar-refractivity contribution is 7.91. The van der Waals surface area contributed by atoms with Gasteiger partial charge in [-0.15, -0.1) is 0 Å². The van der Waals surface area contributed by atoms with E-state index in [-0.39, 0.29) is 23.0 Å². The molecule has 0 saturated heterocycles. The molecule has 2 heterocycles. The van der Waals surface area contributed by atoms with Gasteiger partial charge >= 0.3 is 0 Å². The van der Waals surface area contributed by atoms with Gasteiger partial charge in [-0.2, -0.15) is 0 Å². The van der Waals surface area contributed by atoms with Crippen LogP contribution in [0.3, 0.4) is 0 Å². The number of rotatable bonds is 12. The fourth-order valence-electron chi connectivity index (χ4n) is 4.73. The van der Waals surface area contributed by atoms with E-state index in [4.69, 9.17) is 21.4 Å². The molecular weight excluding hydrogens is 616 g/mol. The van der Waals surface area contributed by atoms with Crippen LogP contribution in [0.1, 0.15) is 57.0 Å². The second kappa shape index (κ2) is 14.2. The molecule has 242 valence electrons. The summed E-state index contributed by atoms with van der Waals surface area (Å²) in [6.45, 7) is 10.1. The summed E-state index contributed by atoms with van der Waals surface area (Å²) in [5.74, 6) is 1.61. The summed E-state index contributed by atoms with van der Waals surface area (Å²) in [6.07, 6.45) is 4.20. The van der Waals surface area contributed by atoms with Crippen molar-refractivity contribution in [3.8, 4) is 11.5 Å². The van der Waals surface area contributed by atoms with Crippen LogP contribution in [0.2, 0.25) is 5.02 Å². The number of nitrogens with zero attached hydrogens (tertiary/aromatic N) is 2. The minimum atomic E-state index is -3.39. The Balaban J connectivity index is 1.48. The van der Waals surface area contributed by atoms with E-state index in [1.54, 1.807) is 36.4 Å². The van der Waals surface area contributed by atoms with Crippen molar-refractivity contribution in [3.63, 3.8) is 0 Å². The van der Waals surface area contributed by atoms with Crippen molar-refractivity contribution in [2.24, 2.45) is 0 Å². The van der Waals surface area contributed by atoms with Gasteiger partial charge < -0.3 is 31.1 Å². The summed E-state index contributed by atoms with van der Waals surface area (Å²) in [5, 5.41) is 22.4. The van der Waals surface area contributed by atoms with Gasteiger partial charge in [-0.1, -0.05) is 23.2 Å². The monoisotopic (exact) mass is 656 g/mol. The van der Waals surface area contributed by atoms with Crippen molar-refractivity contribution in [2.45, 2.75) is 52.1 Å². The molecule has 0 bridgehead atoms. The Hall–Kier alpha value is -3.71. The quantitative estimate of drug-likeness (QED) is 0.176. The average Bonchev–Trinajstić information content (AvgIpc) is 3.15. The predicted molar refractivity (Wildman–Crippen MR) is 179 cm³/mol. The van der Waals surface area contributed by atoms with Crippen molar-refractivity contribution in [1.82, 2.24) is 20.6 Å². The fraction of sp³-hybridized carbons (Fsp3) is 0.406. The summed E-state index contributed by atoms with van der Waals surface area (Å²) < 4.78 is 30.5. The Morgan fingerprint density at radius 1 is 1.11 bits per heavy atom. The lowest BCUT2D eigenvalue weighted by atomic mass is 10.1. The number of aliphatic hydroxyl groups is 1. The predicted octanol–water partition coefficient (Wildman–Crippen LogP) is 5.17. The lowest BCUT2D eigenvalue weighted by Crippen LogP contribution is -2.46. The van der Waals surface area contributed by atoms with E-state index in [9.17, 15) is 13.2 Å². The van der Waals surface area contributed by atoms with Gasteiger partial charge in [0.2, 0.25) is 0 Å². The van der Waals surface area contributed by atoms with Crippen LogP contribution in [0.25, 0.3) is 6.08 Å². The lowest BCUT2D eigenvalue weighted by molar-refractivity contribution is 0.0919. The molecule has 13 heteroatoms. The Morgan fingerprint density at radius 2 is 1.89 bits per heavy atom. The maximum atomic E-state index is 12.6. The molecule has 0 aliphatic carbocycles. The number of nitrogens with one attached hydrogen (secondary N) is 4. The third-order valence-corrected chi connectivity index (χ3v) is 9.02. The second-order valence-electron chi connectivity index (χ2n) is 12.6. The lowest BCUT2D eigenvalue weighted by Gasteiger charge is -2.26. The number of halogens is 1. The van der Waals surface area contributed by atoms with E-state index in [2.05, 4.69) is 31.2 Å². The van der Waals surface area contributed by atoms with E-state index in [1.807, 2.05) is 46.8 Å². The number of anilines is 3. The molecule has 11 nitrogen and oxygen atoms in total. The number of carbonyl (C=O) groups is 1. The largest absolute Gasteiger partial charge is 0.456 e. The molecule has 4 rings (SSSR count). The van der Waals surface area contributed by atoms with Crippen molar-refractivity contribution in [2.75, 3.05) is 41.8 Å². The van der Waals surface area contributed by atoms with Crippen molar-refractivity contribution in [3.05, 3.63) is 70.5 Å². The molecule has 45 heavy (non-hydrogen) atoms. The Bertz CT molecular complexity index is 1670. The van der Waals surface area contributed by atoms with Crippen molar-refractivity contribution >= 4 is 50.7 Å². The molecule has 1 aliphatic heterocycles. The van der Waals surface area contributed by atoms with Crippen LogP contribution in [0.4, 0.5) is 17.3 Å². The van der Waals surface area contributed by atoms with Crippen molar-refractivity contribution in [1.29, 1.82) is 0 Å². The summed E-state index contributed by atoms with van der Waals surface area (Å²) in [7, 11) is -3.39. The van der Waals surface area contributed by atoms with Crippen LogP contribution in [0.5, 0.6) is 11.5 Å². The van der Waals surface area contributed by atoms with Gasteiger partial charge in [0.15, 0.2) is 9.84 Å². The zero-order chi connectivity index (χ0) is 32.8. The number of carbonyl (C=O) groups excluding carboxylic acids is 1. The van der Waals surface area contributed by atoms with Crippen LogP contribution >= 0.6 is 11.6 Å². The molecule has 1 aliphatic rings. The first-order valence-corrected chi connectivity index (χ1v) is 16.8. The molecule has 0 spiro atoms. The molecule has 0 atom stereocenters. The number of amides is 1. The van der Waals surface area contributed by atoms with Crippen LogP contribution in [0, 0.1) is 0 Å². The third kappa shape index (κ3) is 10.1. The first-order valence-electron chi connectivity index (χ1n) is 14.6. The number of fused-ring (bicyclic) bond motifs is 1. The smallest absolute Gasteiger partial charge is 0.251 e. The molecule has 3 aromatic rings. The molecule has 0 fully saturated rings. The third-order valence-electron chi connectivity index (χ3n) is 6.76. The number of benzene rings is 2. The van der Waals surface area contributed by atoms with E-state index in [0.717, 1.165) is 17.6 Å². The van der Waals surface area contributed by atoms with Crippen LogP contribution in [-0.4, -0.2) is 71.7 Å². The van der Waals surface area contributed by atoms with Gasteiger partial charge in [0.25, 0.3) is 5.91 Å². The number of aromatic nitrogens is 2. The van der Waals surface area contributed by atoms with Gasteiger partial charge in [-0.05, 0) is 83.5 Å². The molecule has 0 radical (unpaired) electrons. The van der Waals surface area contributed by atoms with E-state index < -0.39 is 22.0 Å². The minimum absolute atomic E-state index is 0.0863. The van der Waals surface area contributed by atoms with E-state index in [0.29, 0.717) is 52.5 Å².